The summed E-state index contributed by atoms with van der Waals surface area (Å²) in [7, 11) is 0. The molecule has 0 radical (unpaired) electrons. The first-order chi connectivity index (χ1) is 9.81. The average Bonchev–Trinajstić information content (AvgIpc) is 2.41. The summed E-state index contributed by atoms with van der Waals surface area (Å²) < 4.78 is 52.9. The number of pyridine rings is 1. The third-order valence-electron chi connectivity index (χ3n) is 2.59. The molecular weight excluding hydrogens is 312 g/mol. The van der Waals surface area contributed by atoms with Crippen molar-refractivity contribution in [3.05, 3.63) is 57.9 Å². The predicted octanol–water partition coefficient (Wildman–Crippen LogP) is 3.85. The Morgan fingerprint density at radius 1 is 1.14 bits per heavy atom. The van der Waals surface area contributed by atoms with Gasteiger partial charge in [0, 0.05) is 18.0 Å². The van der Waals surface area contributed by atoms with Crippen molar-refractivity contribution in [2.24, 2.45) is 0 Å². The molecule has 1 N–H and O–H groups in total. The van der Waals surface area contributed by atoms with Gasteiger partial charge < -0.3 is 5.32 Å². The lowest BCUT2D eigenvalue weighted by molar-refractivity contribution is 0.102. The van der Waals surface area contributed by atoms with Crippen LogP contribution < -0.4 is 5.32 Å². The maximum Gasteiger partial charge on any atom is 0.258 e. The Morgan fingerprint density at radius 2 is 1.71 bits per heavy atom. The maximum absolute atomic E-state index is 13.4. The number of hydrogen-bond acceptors (Lipinski definition) is 2. The second-order valence-corrected chi connectivity index (χ2v) is 4.51. The summed E-state index contributed by atoms with van der Waals surface area (Å²) in [4.78, 5) is 15.7. The van der Waals surface area contributed by atoms with Crippen molar-refractivity contribution >= 4 is 23.2 Å². The van der Waals surface area contributed by atoms with Crippen molar-refractivity contribution in [1.29, 1.82) is 0 Å². The van der Waals surface area contributed by atoms with Crippen molar-refractivity contribution in [1.82, 2.24) is 4.98 Å². The quantitative estimate of drug-likeness (QED) is 0.675. The van der Waals surface area contributed by atoms with E-state index in [0.29, 0.717) is 5.69 Å². The Balaban J connectivity index is 2.41. The highest BCUT2D eigenvalue weighted by atomic mass is 35.5. The largest absolute Gasteiger partial charge is 0.317 e. The molecule has 1 aromatic heterocycles. The Hall–Kier alpha value is -2.15. The van der Waals surface area contributed by atoms with Crippen molar-refractivity contribution in [2.75, 3.05) is 5.32 Å². The maximum atomic E-state index is 13.4. The molecule has 0 aliphatic heterocycles. The van der Waals surface area contributed by atoms with Crippen molar-refractivity contribution in [2.45, 2.75) is 6.92 Å². The summed E-state index contributed by atoms with van der Waals surface area (Å²) in [5, 5.41) is 1.73. The SMILES string of the molecule is Cc1cc(Cl)c(C(=O)Nc2c(F)c(F)cc(F)c2F)cn1. The number of anilines is 1. The Kier molecular flexibility index (Phi) is 4.13. The fourth-order valence-electron chi connectivity index (χ4n) is 1.56. The van der Waals surface area contributed by atoms with Gasteiger partial charge in [0.1, 0.15) is 5.69 Å². The number of rotatable bonds is 2. The molecule has 110 valence electrons. The van der Waals surface area contributed by atoms with Crippen LogP contribution in [0.5, 0.6) is 0 Å². The first-order valence-electron chi connectivity index (χ1n) is 5.57. The molecule has 3 nitrogen and oxygen atoms in total. The predicted molar refractivity (Wildman–Crippen MR) is 68.2 cm³/mol. The number of carbonyl (C=O) groups excluding carboxylic acids is 1. The first kappa shape index (κ1) is 15.2. The molecule has 0 saturated heterocycles. The molecule has 1 heterocycles. The smallest absolute Gasteiger partial charge is 0.258 e. The van der Waals surface area contributed by atoms with Gasteiger partial charge in [-0.05, 0) is 13.0 Å². The normalized spacial score (nSPS) is 10.6. The molecule has 21 heavy (non-hydrogen) atoms. The molecule has 1 aromatic carbocycles. The van der Waals surface area contributed by atoms with Gasteiger partial charge >= 0.3 is 0 Å². The number of carbonyl (C=O) groups is 1. The molecular formula is C13H7ClF4N2O. The highest BCUT2D eigenvalue weighted by molar-refractivity contribution is 6.34. The van der Waals surface area contributed by atoms with Crippen LogP contribution in [0.1, 0.15) is 16.1 Å². The van der Waals surface area contributed by atoms with E-state index in [2.05, 4.69) is 4.98 Å². The Labute approximate surface area is 121 Å². The molecule has 0 atom stereocenters. The number of nitrogens with one attached hydrogen (secondary N) is 1. The van der Waals surface area contributed by atoms with Crippen LogP contribution in [0.2, 0.25) is 5.02 Å². The zero-order chi connectivity index (χ0) is 15.7. The number of nitrogens with zero attached hydrogens (tertiary/aromatic N) is 1. The molecule has 0 aliphatic carbocycles. The highest BCUT2D eigenvalue weighted by Crippen LogP contribution is 2.25. The number of aromatic nitrogens is 1. The Morgan fingerprint density at radius 3 is 2.24 bits per heavy atom. The summed E-state index contributed by atoms with van der Waals surface area (Å²) >= 11 is 5.80. The fraction of sp³-hybridized carbons (Fsp3) is 0.0769. The van der Waals surface area contributed by atoms with Crippen LogP contribution >= 0.6 is 11.6 Å². The lowest BCUT2D eigenvalue weighted by Gasteiger charge is -2.10. The zero-order valence-electron chi connectivity index (χ0n) is 10.5. The van der Waals surface area contributed by atoms with Crippen LogP contribution in [0.15, 0.2) is 18.3 Å². The monoisotopic (exact) mass is 318 g/mol. The molecule has 0 unspecified atom stereocenters. The van der Waals surface area contributed by atoms with E-state index in [4.69, 9.17) is 11.6 Å². The van der Waals surface area contributed by atoms with E-state index in [0.717, 1.165) is 6.20 Å². The first-order valence-corrected chi connectivity index (χ1v) is 5.95. The fourth-order valence-corrected chi connectivity index (χ4v) is 1.85. The molecule has 1 amide bonds. The molecule has 0 fully saturated rings. The summed E-state index contributed by atoms with van der Waals surface area (Å²) in [6.07, 6.45) is 1.08. The van der Waals surface area contributed by atoms with Gasteiger partial charge in [-0.15, -0.1) is 0 Å². The lowest BCUT2D eigenvalue weighted by Crippen LogP contribution is -2.16. The van der Waals surface area contributed by atoms with Crippen molar-refractivity contribution < 1.29 is 22.4 Å². The third-order valence-corrected chi connectivity index (χ3v) is 2.90. The van der Waals surface area contributed by atoms with E-state index in [1.807, 2.05) is 0 Å². The number of halogens is 5. The highest BCUT2D eigenvalue weighted by Gasteiger charge is 2.22. The lowest BCUT2D eigenvalue weighted by atomic mass is 10.2. The average molecular weight is 319 g/mol. The molecule has 0 saturated carbocycles. The van der Waals surface area contributed by atoms with E-state index in [1.165, 1.54) is 6.07 Å². The van der Waals surface area contributed by atoms with E-state index in [9.17, 15) is 22.4 Å². The topological polar surface area (TPSA) is 42.0 Å². The second kappa shape index (κ2) is 5.69. The van der Waals surface area contributed by atoms with Crippen LogP contribution in [0.25, 0.3) is 0 Å². The van der Waals surface area contributed by atoms with Crippen molar-refractivity contribution in [3.8, 4) is 0 Å². The minimum Gasteiger partial charge on any atom is -0.317 e. The van der Waals surface area contributed by atoms with E-state index >= 15 is 0 Å². The van der Waals surface area contributed by atoms with Gasteiger partial charge in [-0.3, -0.25) is 9.78 Å². The Bertz CT molecular complexity index is 710. The summed E-state index contributed by atoms with van der Waals surface area (Å²) in [6, 6.07) is 1.40. The molecule has 2 aromatic rings. The molecule has 2 rings (SSSR count). The van der Waals surface area contributed by atoms with Gasteiger partial charge in [0.05, 0.1) is 10.6 Å². The molecule has 0 bridgehead atoms. The van der Waals surface area contributed by atoms with Gasteiger partial charge in [0.2, 0.25) is 0 Å². The summed E-state index contributed by atoms with van der Waals surface area (Å²) in [5.41, 5.74) is -0.898. The summed E-state index contributed by atoms with van der Waals surface area (Å²) in [5.74, 6) is -7.72. The summed E-state index contributed by atoms with van der Waals surface area (Å²) in [6.45, 7) is 1.62. The van der Waals surface area contributed by atoms with Crippen LogP contribution in [0.4, 0.5) is 23.2 Å². The van der Waals surface area contributed by atoms with Crippen LogP contribution in [0.3, 0.4) is 0 Å². The minimum atomic E-state index is -1.71. The van der Waals surface area contributed by atoms with Gasteiger partial charge in [-0.25, -0.2) is 17.6 Å². The number of aryl methyl sites for hydroxylation is 1. The number of hydrogen-bond donors (Lipinski definition) is 1. The van der Waals surface area contributed by atoms with Gasteiger partial charge in [-0.1, -0.05) is 11.6 Å². The zero-order valence-corrected chi connectivity index (χ0v) is 11.2. The number of amides is 1. The van der Waals surface area contributed by atoms with Crippen LogP contribution in [0, 0.1) is 30.2 Å². The third kappa shape index (κ3) is 2.97. The standard InChI is InChI=1S/C13H7ClF4N2O/c1-5-2-7(14)6(4-19-5)13(21)20-12-10(17)8(15)3-9(16)11(12)18/h2-4H,1H3,(H,20,21). The second-order valence-electron chi connectivity index (χ2n) is 4.10. The van der Waals surface area contributed by atoms with Gasteiger partial charge in [0.25, 0.3) is 5.91 Å². The minimum absolute atomic E-state index is 0.0160. The van der Waals surface area contributed by atoms with Gasteiger partial charge in [0.15, 0.2) is 23.3 Å². The molecule has 8 heteroatoms. The van der Waals surface area contributed by atoms with Crippen LogP contribution in [-0.2, 0) is 0 Å². The molecule has 0 aliphatic rings. The van der Waals surface area contributed by atoms with E-state index in [-0.39, 0.29) is 16.7 Å². The van der Waals surface area contributed by atoms with Crippen LogP contribution in [-0.4, -0.2) is 10.9 Å². The van der Waals surface area contributed by atoms with Crippen molar-refractivity contribution in [3.63, 3.8) is 0 Å². The van der Waals surface area contributed by atoms with E-state index in [1.54, 1.807) is 12.2 Å². The number of benzene rings is 1. The molecule has 0 spiro atoms. The van der Waals surface area contributed by atoms with E-state index < -0.39 is 34.9 Å². The van der Waals surface area contributed by atoms with Gasteiger partial charge in [-0.2, -0.15) is 0 Å².